The standard InChI is InChI=1S/C23H33N5O2/c1-17(2)24-21(29)16-28-22(30)8-10-23(28)9-6-12-26(14-11-23)15-19-18(3)27-13-5-4-7-20(27)25-19/h4-5,7,13,17H,6,8-12,14-16H2,1-3H3,(H,24,29)/t23-/m1/s1. The van der Waals surface area contributed by atoms with Gasteiger partial charge in [0.15, 0.2) is 0 Å². The molecule has 4 heterocycles. The minimum absolute atomic E-state index is 0.0546. The first kappa shape index (κ1) is 20.8. The van der Waals surface area contributed by atoms with E-state index in [-0.39, 0.29) is 29.9 Å². The molecule has 0 aromatic carbocycles. The number of nitrogens with zero attached hydrogens (tertiary/aromatic N) is 4. The van der Waals surface area contributed by atoms with Crippen LogP contribution in [0.1, 0.15) is 57.3 Å². The number of fused-ring (bicyclic) bond motifs is 1. The van der Waals surface area contributed by atoms with Crippen molar-refractivity contribution in [2.24, 2.45) is 0 Å². The van der Waals surface area contributed by atoms with E-state index in [4.69, 9.17) is 4.98 Å². The van der Waals surface area contributed by atoms with Gasteiger partial charge in [0.1, 0.15) is 12.2 Å². The molecule has 2 saturated heterocycles. The molecule has 2 aromatic rings. The van der Waals surface area contributed by atoms with E-state index in [0.717, 1.165) is 56.7 Å². The fraction of sp³-hybridized carbons (Fsp3) is 0.609. The van der Waals surface area contributed by atoms with Gasteiger partial charge in [0.05, 0.1) is 5.69 Å². The first-order valence-electron chi connectivity index (χ1n) is 11.1. The molecule has 2 aliphatic rings. The number of likely N-dealkylation sites (tertiary alicyclic amines) is 2. The first-order valence-corrected chi connectivity index (χ1v) is 11.1. The second-order valence-electron chi connectivity index (χ2n) is 9.13. The highest BCUT2D eigenvalue weighted by atomic mass is 16.2. The Balaban J connectivity index is 1.45. The lowest BCUT2D eigenvalue weighted by Crippen LogP contribution is -2.51. The van der Waals surface area contributed by atoms with E-state index < -0.39 is 0 Å². The zero-order valence-electron chi connectivity index (χ0n) is 18.4. The van der Waals surface area contributed by atoms with Crippen molar-refractivity contribution in [3.63, 3.8) is 0 Å². The molecule has 1 spiro atoms. The smallest absolute Gasteiger partial charge is 0.239 e. The number of rotatable bonds is 5. The van der Waals surface area contributed by atoms with Gasteiger partial charge in [-0.1, -0.05) is 6.07 Å². The number of carbonyl (C=O) groups is 2. The van der Waals surface area contributed by atoms with E-state index in [0.29, 0.717) is 6.42 Å². The quantitative estimate of drug-likeness (QED) is 0.821. The van der Waals surface area contributed by atoms with E-state index in [1.807, 2.05) is 36.9 Å². The Morgan fingerprint density at radius 2 is 2.07 bits per heavy atom. The van der Waals surface area contributed by atoms with Crippen molar-refractivity contribution in [1.29, 1.82) is 0 Å². The molecule has 2 amide bonds. The summed E-state index contributed by atoms with van der Waals surface area (Å²) >= 11 is 0. The molecule has 0 bridgehead atoms. The Kier molecular flexibility index (Phi) is 5.82. The third kappa shape index (κ3) is 4.08. The number of imidazole rings is 1. The molecule has 4 rings (SSSR count). The van der Waals surface area contributed by atoms with Gasteiger partial charge in [0.25, 0.3) is 0 Å². The lowest BCUT2D eigenvalue weighted by Gasteiger charge is -2.38. The molecule has 7 nitrogen and oxygen atoms in total. The van der Waals surface area contributed by atoms with Crippen LogP contribution in [0.4, 0.5) is 0 Å². The number of hydrogen-bond acceptors (Lipinski definition) is 4. The van der Waals surface area contributed by atoms with Crippen LogP contribution in [-0.4, -0.2) is 62.2 Å². The predicted molar refractivity (Wildman–Crippen MR) is 116 cm³/mol. The van der Waals surface area contributed by atoms with E-state index in [2.05, 4.69) is 27.7 Å². The van der Waals surface area contributed by atoms with Gasteiger partial charge in [-0.15, -0.1) is 0 Å². The second kappa shape index (κ2) is 8.38. The van der Waals surface area contributed by atoms with Crippen molar-refractivity contribution in [2.75, 3.05) is 19.6 Å². The summed E-state index contributed by atoms with van der Waals surface area (Å²) in [5, 5.41) is 2.93. The van der Waals surface area contributed by atoms with Crippen molar-refractivity contribution in [1.82, 2.24) is 24.5 Å². The van der Waals surface area contributed by atoms with E-state index in [9.17, 15) is 9.59 Å². The second-order valence-corrected chi connectivity index (χ2v) is 9.13. The van der Waals surface area contributed by atoms with Gasteiger partial charge in [-0.05, 0) is 65.1 Å². The summed E-state index contributed by atoms with van der Waals surface area (Å²) in [6.45, 7) is 8.94. The van der Waals surface area contributed by atoms with Crippen molar-refractivity contribution in [2.45, 2.75) is 71.0 Å². The molecule has 2 aromatic heterocycles. The van der Waals surface area contributed by atoms with Gasteiger partial charge in [-0.25, -0.2) is 4.98 Å². The fourth-order valence-corrected chi connectivity index (χ4v) is 5.08. The Hall–Kier alpha value is -2.41. The molecule has 1 atom stereocenters. The highest BCUT2D eigenvalue weighted by Gasteiger charge is 2.46. The van der Waals surface area contributed by atoms with E-state index in [1.165, 1.54) is 5.69 Å². The van der Waals surface area contributed by atoms with Crippen molar-refractivity contribution in [3.8, 4) is 0 Å². The van der Waals surface area contributed by atoms with Crippen LogP contribution in [0.15, 0.2) is 24.4 Å². The maximum atomic E-state index is 12.6. The van der Waals surface area contributed by atoms with E-state index in [1.54, 1.807) is 0 Å². The maximum absolute atomic E-state index is 12.6. The SMILES string of the molecule is Cc1c(CN2CCC[C@@]3(CCC(=O)N3CC(=O)NC(C)C)CC2)nc2ccccn12. The van der Waals surface area contributed by atoms with Crippen LogP contribution < -0.4 is 5.32 Å². The normalized spacial score (nSPS) is 22.9. The molecule has 0 saturated carbocycles. The molecule has 1 N–H and O–H groups in total. The van der Waals surface area contributed by atoms with Crippen LogP contribution in [0.25, 0.3) is 5.65 Å². The summed E-state index contributed by atoms with van der Waals surface area (Å²) < 4.78 is 2.14. The van der Waals surface area contributed by atoms with Gasteiger partial charge >= 0.3 is 0 Å². The van der Waals surface area contributed by atoms with Crippen LogP contribution >= 0.6 is 0 Å². The number of aromatic nitrogens is 2. The van der Waals surface area contributed by atoms with Gasteiger partial charge in [-0.2, -0.15) is 0 Å². The predicted octanol–water partition coefficient (Wildman–Crippen LogP) is 2.51. The monoisotopic (exact) mass is 411 g/mol. The molecule has 0 radical (unpaired) electrons. The third-order valence-corrected chi connectivity index (χ3v) is 6.68. The molecule has 2 fully saturated rings. The van der Waals surface area contributed by atoms with Crippen molar-refractivity contribution < 1.29 is 9.59 Å². The highest BCUT2D eigenvalue weighted by molar-refractivity contribution is 5.87. The topological polar surface area (TPSA) is 70.0 Å². The number of nitrogens with one attached hydrogen (secondary N) is 1. The molecule has 162 valence electrons. The number of carbonyl (C=O) groups excluding carboxylic acids is 2. The Bertz CT molecular complexity index is 937. The summed E-state index contributed by atoms with van der Waals surface area (Å²) in [6.07, 6.45) is 6.39. The van der Waals surface area contributed by atoms with Gasteiger partial charge < -0.3 is 14.6 Å². The maximum Gasteiger partial charge on any atom is 0.239 e. The zero-order valence-corrected chi connectivity index (χ0v) is 18.4. The average Bonchev–Trinajstić information content (AvgIpc) is 3.08. The summed E-state index contributed by atoms with van der Waals surface area (Å²) in [5.74, 6) is 0.0691. The summed E-state index contributed by atoms with van der Waals surface area (Å²) in [6, 6.07) is 6.17. The summed E-state index contributed by atoms with van der Waals surface area (Å²) in [5.41, 5.74) is 3.12. The minimum Gasteiger partial charge on any atom is -0.352 e. The van der Waals surface area contributed by atoms with Crippen LogP contribution in [-0.2, 0) is 16.1 Å². The van der Waals surface area contributed by atoms with Gasteiger partial charge in [0, 0.05) is 43.0 Å². The van der Waals surface area contributed by atoms with Gasteiger partial charge in [0.2, 0.25) is 11.8 Å². The molecule has 7 heteroatoms. The summed E-state index contributed by atoms with van der Waals surface area (Å²) in [4.78, 5) is 34.1. The molecular weight excluding hydrogens is 378 g/mol. The van der Waals surface area contributed by atoms with Crippen molar-refractivity contribution >= 4 is 17.5 Å². The highest BCUT2D eigenvalue weighted by Crippen LogP contribution is 2.39. The Morgan fingerprint density at radius 1 is 1.23 bits per heavy atom. The number of amides is 2. The Labute approximate surface area is 178 Å². The lowest BCUT2D eigenvalue weighted by atomic mass is 9.87. The van der Waals surface area contributed by atoms with Crippen LogP contribution in [0.5, 0.6) is 0 Å². The molecule has 30 heavy (non-hydrogen) atoms. The van der Waals surface area contributed by atoms with Gasteiger partial charge in [-0.3, -0.25) is 14.5 Å². The number of hydrogen-bond donors (Lipinski definition) is 1. The fourth-order valence-electron chi connectivity index (χ4n) is 5.08. The molecular formula is C23H33N5O2. The molecule has 0 unspecified atom stereocenters. The zero-order chi connectivity index (χ0) is 21.3. The Morgan fingerprint density at radius 3 is 2.83 bits per heavy atom. The number of pyridine rings is 1. The number of aryl methyl sites for hydroxylation is 1. The van der Waals surface area contributed by atoms with E-state index >= 15 is 0 Å². The van der Waals surface area contributed by atoms with Crippen LogP contribution in [0, 0.1) is 6.92 Å². The van der Waals surface area contributed by atoms with Crippen LogP contribution in [0.2, 0.25) is 0 Å². The third-order valence-electron chi connectivity index (χ3n) is 6.68. The first-order chi connectivity index (χ1) is 14.4. The van der Waals surface area contributed by atoms with Crippen LogP contribution in [0.3, 0.4) is 0 Å². The van der Waals surface area contributed by atoms with Crippen molar-refractivity contribution in [3.05, 3.63) is 35.8 Å². The molecule has 2 aliphatic heterocycles. The lowest BCUT2D eigenvalue weighted by molar-refractivity contribution is -0.137. The largest absolute Gasteiger partial charge is 0.352 e. The summed E-state index contributed by atoms with van der Waals surface area (Å²) in [7, 11) is 0. The molecule has 0 aliphatic carbocycles. The minimum atomic E-state index is -0.173. The average molecular weight is 412 g/mol.